The second-order valence-electron chi connectivity index (χ2n) is 2.89. The van der Waals surface area contributed by atoms with Crippen molar-refractivity contribution in [3.8, 4) is 0 Å². The summed E-state index contributed by atoms with van der Waals surface area (Å²) in [6.07, 6.45) is 3.50. The second kappa shape index (κ2) is 4.97. The van der Waals surface area contributed by atoms with Crippen LogP contribution in [0.2, 0.25) is 0 Å². The van der Waals surface area contributed by atoms with Crippen molar-refractivity contribution in [3.05, 3.63) is 12.2 Å². The minimum absolute atomic E-state index is 0.186. The molecule has 6 heteroatoms. The Morgan fingerprint density at radius 1 is 1.60 bits per heavy atom. The molecule has 0 unspecified atom stereocenters. The molecule has 0 aromatic carbocycles. The molecule has 0 spiro atoms. The highest BCUT2D eigenvalue weighted by atomic mass is 32.2. The van der Waals surface area contributed by atoms with E-state index in [1.165, 1.54) is 30.8 Å². The molecule has 1 rings (SSSR count). The fraction of sp³-hybridized carbons (Fsp3) is 0.444. The summed E-state index contributed by atoms with van der Waals surface area (Å²) in [5.41, 5.74) is 0. The van der Waals surface area contributed by atoms with Crippen LogP contribution in [0.4, 0.5) is 0 Å². The van der Waals surface area contributed by atoms with Gasteiger partial charge in [-0.25, -0.2) is 4.90 Å². The molecule has 0 N–H and O–H groups in total. The normalized spacial score (nSPS) is 19.5. The van der Waals surface area contributed by atoms with Gasteiger partial charge in [0.15, 0.2) is 0 Å². The molecular weight excluding hydrogens is 218 g/mol. The zero-order chi connectivity index (χ0) is 11.4. The topological polar surface area (TPSA) is 63.7 Å². The van der Waals surface area contributed by atoms with Crippen LogP contribution in [-0.4, -0.2) is 40.9 Å². The van der Waals surface area contributed by atoms with E-state index in [1.807, 2.05) is 0 Å². The summed E-state index contributed by atoms with van der Waals surface area (Å²) in [6.45, 7) is 1.23. The van der Waals surface area contributed by atoms with E-state index in [0.29, 0.717) is 0 Å². The van der Waals surface area contributed by atoms with Crippen LogP contribution in [0.1, 0.15) is 6.92 Å². The minimum Gasteiger partial charge on any atom is -0.437 e. The van der Waals surface area contributed by atoms with Crippen molar-refractivity contribution in [1.29, 1.82) is 0 Å². The number of rotatable bonds is 3. The van der Waals surface area contributed by atoms with Gasteiger partial charge >= 0.3 is 5.97 Å². The number of esters is 1. The maximum absolute atomic E-state index is 11.5. The second-order valence-corrected chi connectivity index (χ2v) is 3.76. The monoisotopic (exact) mass is 229 g/mol. The van der Waals surface area contributed by atoms with E-state index >= 15 is 0 Å². The Hall–Kier alpha value is -1.30. The molecule has 0 bridgehead atoms. The van der Waals surface area contributed by atoms with Gasteiger partial charge in [-0.3, -0.25) is 14.4 Å². The van der Waals surface area contributed by atoms with Crippen molar-refractivity contribution >= 4 is 29.5 Å². The lowest BCUT2D eigenvalue weighted by atomic mass is 10.5. The number of carbonyl (C=O) groups excluding carboxylic acids is 3. The van der Waals surface area contributed by atoms with Gasteiger partial charge in [0.2, 0.25) is 12.1 Å². The molecule has 0 saturated carbocycles. The third kappa shape index (κ3) is 2.82. The van der Waals surface area contributed by atoms with Gasteiger partial charge in [-0.1, -0.05) is 0 Å². The van der Waals surface area contributed by atoms with Crippen LogP contribution in [0, 0.1) is 0 Å². The number of hydrogen-bond acceptors (Lipinski definition) is 5. The highest BCUT2D eigenvalue weighted by Crippen LogP contribution is 2.14. The smallest absolute Gasteiger partial charge is 0.304 e. The summed E-state index contributed by atoms with van der Waals surface area (Å²) < 4.78 is 4.81. The van der Waals surface area contributed by atoms with Gasteiger partial charge in [-0.05, 0) is 12.3 Å². The number of imide groups is 1. The predicted octanol–water partition coefficient (Wildman–Crippen LogP) is 0.164. The first-order valence-corrected chi connectivity index (χ1v) is 5.66. The van der Waals surface area contributed by atoms with E-state index in [2.05, 4.69) is 0 Å². The maximum Gasteiger partial charge on any atom is 0.304 e. The largest absolute Gasteiger partial charge is 0.437 e. The Balaban J connectivity index is 2.71. The first-order chi connectivity index (χ1) is 7.06. The number of amides is 2. The highest BCUT2D eigenvalue weighted by Gasteiger charge is 2.32. The fourth-order valence-electron chi connectivity index (χ4n) is 1.18. The summed E-state index contributed by atoms with van der Waals surface area (Å²) >= 11 is 1.31. The Labute approximate surface area is 91.4 Å². The molecule has 5 nitrogen and oxygen atoms in total. The predicted molar refractivity (Wildman–Crippen MR) is 54.9 cm³/mol. The van der Waals surface area contributed by atoms with Crippen LogP contribution in [0.15, 0.2) is 12.2 Å². The maximum atomic E-state index is 11.5. The van der Waals surface area contributed by atoms with Gasteiger partial charge in [0.1, 0.15) is 0 Å². The molecule has 0 aromatic heterocycles. The van der Waals surface area contributed by atoms with E-state index in [9.17, 15) is 14.4 Å². The lowest BCUT2D eigenvalue weighted by molar-refractivity contribution is -0.159. The molecule has 1 aliphatic heterocycles. The van der Waals surface area contributed by atoms with Gasteiger partial charge in [0.25, 0.3) is 5.91 Å². The molecule has 0 aromatic rings. The van der Waals surface area contributed by atoms with Gasteiger partial charge in [-0.2, -0.15) is 11.8 Å². The van der Waals surface area contributed by atoms with Gasteiger partial charge in [-0.15, -0.1) is 0 Å². The average molecular weight is 229 g/mol. The molecule has 1 aliphatic rings. The summed E-state index contributed by atoms with van der Waals surface area (Å²) in [5, 5.41) is 0. The van der Waals surface area contributed by atoms with Crippen molar-refractivity contribution in [2.24, 2.45) is 0 Å². The Bertz CT molecular complexity index is 326. The summed E-state index contributed by atoms with van der Waals surface area (Å²) in [4.78, 5) is 34.5. The zero-order valence-corrected chi connectivity index (χ0v) is 9.24. The van der Waals surface area contributed by atoms with E-state index in [0.717, 1.165) is 4.90 Å². The average Bonchev–Trinajstić information content (AvgIpc) is 2.46. The van der Waals surface area contributed by atoms with E-state index in [-0.39, 0.29) is 11.7 Å². The molecular formula is C9H11NO4S. The van der Waals surface area contributed by atoms with Crippen LogP contribution in [-0.2, 0) is 19.1 Å². The molecule has 1 atom stereocenters. The summed E-state index contributed by atoms with van der Waals surface area (Å²) in [7, 11) is 0. The van der Waals surface area contributed by atoms with E-state index < -0.39 is 18.1 Å². The number of nitrogens with zero attached hydrogens (tertiary/aromatic N) is 1. The minimum atomic E-state index is -0.880. The van der Waals surface area contributed by atoms with E-state index in [4.69, 9.17) is 4.74 Å². The molecule has 2 amide bonds. The number of ether oxygens (including phenoxy) is 1. The number of hydrogen-bond donors (Lipinski definition) is 0. The van der Waals surface area contributed by atoms with Gasteiger partial charge in [0, 0.05) is 13.0 Å². The summed E-state index contributed by atoms with van der Waals surface area (Å²) in [6, 6.07) is 0. The van der Waals surface area contributed by atoms with E-state index in [1.54, 1.807) is 6.26 Å². The molecule has 0 fully saturated rings. The van der Waals surface area contributed by atoms with Crippen LogP contribution >= 0.6 is 11.8 Å². The molecule has 1 heterocycles. The molecule has 0 saturated heterocycles. The lowest BCUT2D eigenvalue weighted by Crippen LogP contribution is -2.42. The van der Waals surface area contributed by atoms with Gasteiger partial charge in [0.05, 0.1) is 5.75 Å². The highest BCUT2D eigenvalue weighted by molar-refractivity contribution is 7.99. The van der Waals surface area contributed by atoms with Crippen molar-refractivity contribution in [2.45, 2.75) is 13.2 Å². The van der Waals surface area contributed by atoms with Crippen LogP contribution < -0.4 is 0 Å². The van der Waals surface area contributed by atoms with Crippen molar-refractivity contribution in [3.63, 3.8) is 0 Å². The molecule has 82 valence electrons. The summed E-state index contributed by atoms with van der Waals surface area (Å²) in [5.74, 6) is -1.14. The number of carbonyl (C=O) groups is 3. The number of thioether (sulfide) groups is 1. The quantitative estimate of drug-likeness (QED) is 0.645. The Morgan fingerprint density at radius 3 is 2.80 bits per heavy atom. The van der Waals surface area contributed by atoms with Crippen LogP contribution in [0.25, 0.3) is 0 Å². The first kappa shape index (κ1) is 11.8. The SMILES string of the molecule is CSCC(=O)N1C(=O)C=C[C@@H]1OC(C)=O. The van der Waals surface area contributed by atoms with Crippen molar-refractivity contribution in [1.82, 2.24) is 4.90 Å². The molecule has 15 heavy (non-hydrogen) atoms. The fourth-order valence-corrected chi connectivity index (χ4v) is 1.56. The van der Waals surface area contributed by atoms with Crippen molar-refractivity contribution < 1.29 is 19.1 Å². The lowest BCUT2D eigenvalue weighted by Gasteiger charge is -2.21. The Morgan fingerprint density at radius 2 is 2.27 bits per heavy atom. The third-order valence-electron chi connectivity index (χ3n) is 1.72. The first-order valence-electron chi connectivity index (χ1n) is 4.26. The van der Waals surface area contributed by atoms with Gasteiger partial charge < -0.3 is 4.74 Å². The third-order valence-corrected chi connectivity index (χ3v) is 2.25. The zero-order valence-electron chi connectivity index (χ0n) is 8.43. The Kier molecular flexibility index (Phi) is 3.90. The molecule has 0 aliphatic carbocycles. The van der Waals surface area contributed by atoms with Crippen LogP contribution in [0.3, 0.4) is 0 Å². The van der Waals surface area contributed by atoms with Crippen molar-refractivity contribution in [2.75, 3.05) is 12.0 Å². The van der Waals surface area contributed by atoms with Crippen LogP contribution in [0.5, 0.6) is 0 Å². The molecule has 0 radical (unpaired) electrons. The standard InChI is InChI=1S/C9H11NO4S/c1-6(11)14-9-4-3-7(12)10(9)8(13)5-15-2/h3-4,9H,5H2,1-2H3/t9-/m0/s1.